The molecule has 238 valence electrons. The van der Waals surface area contributed by atoms with Gasteiger partial charge in [-0.2, -0.15) is 0 Å². The highest BCUT2D eigenvalue weighted by Crippen LogP contribution is 2.70. The molecule has 2 amide bonds. The molecule has 7 nitrogen and oxygen atoms in total. The second kappa shape index (κ2) is 10.3. The van der Waals surface area contributed by atoms with Crippen LogP contribution in [0.3, 0.4) is 0 Å². The summed E-state index contributed by atoms with van der Waals surface area (Å²) < 4.78 is 13.5. The average Bonchev–Trinajstić information content (AvgIpc) is 3.71. The third kappa shape index (κ3) is 4.44. The van der Waals surface area contributed by atoms with Crippen molar-refractivity contribution in [3.8, 4) is 0 Å². The van der Waals surface area contributed by atoms with Crippen LogP contribution in [-0.2, 0) is 19.1 Å². The zero-order valence-electron chi connectivity index (χ0n) is 27.0. The van der Waals surface area contributed by atoms with Gasteiger partial charge in [0.05, 0.1) is 12.7 Å². The molecule has 0 radical (unpaired) electrons. The monoisotopic (exact) mass is 593 g/mol. The molecule has 7 heteroatoms. The molecule has 4 aliphatic heterocycles. The third-order valence-corrected chi connectivity index (χ3v) is 14.8. The highest BCUT2D eigenvalue weighted by atomic mass is 16.7. The molecule has 0 aromatic rings. The molecular weight excluding hydrogens is 538 g/mol. The number of rotatable bonds is 3. The lowest BCUT2D eigenvalue weighted by Gasteiger charge is -2.58. The predicted molar refractivity (Wildman–Crippen MR) is 165 cm³/mol. The molecule has 3 saturated carbocycles. The summed E-state index contributed by atoms with van der Waals surface area (Å²) in [5.41, 5.74) is 2.15. The average molecular weight is 594 g/mol. The highest BCUT2D eigenvalue weighted by molar-refractivity contribution is 5.97. The molecule has 1 spiro atoms. The Labute approximate surface area is 258 Å². The molecule has 4 heterocycles. The number of hydrogen-bond acceptors (Lipinski definition) is 5. The normalized spacial score (nSPS) is 51.7. The summed E-state index contributed by atoms with van der Waals surface area (Å²) in [5.74, 6) is 4.61. The van der Waals surface area contributed by atoms with E-state index in [9.17, 15) is 9.59 Å². The molecule has 3 unspecified atom stereocenters. The number of allylic oxidation sites excluding steroid dienone is 1. The number of fused-ring (bicyclic) bond motifs is 8. The van der Waals surface area contributed by atoms with Gasteiger partial charge in [-0.3, -0.25) is 9.59 Å². The topological polar surface area (TPSA) is 79.9 Å². The number of nitrogens with zero attached hydrogens (tertiary/aromatic N) is 1. The van der Waals surface area contributed by atoms with Gasteiger partial charge in [-0.25, -0.2) is 0 Å². The van der Waals surface area contributed by atoms with Crippen molar-refractivity contribution >= 4 is 11.8 Å². The maximum Gasteiger partial charge on any atom is 0.232 e. The van der Waals surface area contributed by atoms with E-state index in [1.54, 1.807) is 5.57 Å². The van der Waals surface area contributed by atoms with Crippen LogP contribution in [0.4, 0.5) is 0 Å². The lowest BCUT2D eigenvalue weighted by molar-refractivity contribution is -0.272. The van der Waals surface area contributed by atoms with Gasteiger partial charge in [-0.1, -0.05) is 39.3 Å². The van der Waals surface area contributed by atoms with E-state index in [2.05, 4.69) is 44.4 Å². The number of amides is 2. The van der Waals surface area contributed by atoms with Crippen molar-refractivity contribution in [2.45, 2.75) is 110 Å². The summed E-state index contributed by atoms with van der Waals surface area (Å²) in [6.45, 7) is 14.4. The molecule has 0 aromatic heterocycles. The van der Waals surface area contributed by atoms with Gasteiger partial charge < -0.3 is 25.0 Å². The summed E-state index contributed by atoms with van der Waals surface area (Å²) in [4.78, 5) is 27.8. The van der Waals surface area contributed by atoms with Crippen LogP contribution in [0.25, 0.3) is 0 Å². The Balaban J connectivity index is 0.910. The van der Waals surface area contributed by atoms with Gasteiger partial charge in [-0.05, 0) is 104 Å². The molecular formula is C36H55N3O4. The van der Waals surface area contributed by atoms with Crippen molar-refractivity contribution in [2.75, 3.05) is 32.8 Å². The summed E-state index contributed by atoms with van der Waals surface area (Å²) in [5, 5.41) is 6.71. The van der Waals surface area contributed by atoms with Gasteiger partial charge in [0.2, 0.25) is 11.8 Å². The van der Waals surface area contributed by atoms with E-state index in [1.165, 1.54) is 32.1 Å². The van der Waals surface area contributed by atoms with Gasteiger partial charge in [0, 0.05) is 44.6 Å². The number of carbonyl (C=O) groups excluding carboxylic acids is 2. The fourth-order valence-electron chi connectivity index (χ4n) is 12.4. The Hall–Kier alpha value is -1.44. The van der Waals surface area contributed by atoms with Crippen LogP contribution >= 0.6 is 0 Å². The predicted octanol–water partition coefficient (Wildman–Crippen LogP) is 4.91. The lowest BCUT2D eigenvalue weighted by atomic mass is 9.46. The Morgan fingerprint density at radius 1 is 1.05 bits per heavy atom. The molecule has 43 heavy (non-hydrogen) atoms. The number of carbonyl (C=O) groups is 2. The Morgan fingerprint density at radius 2 is 1.84 bits per heavy atom. The van der Waals surface area contributed by atoms with E-state index in [4.69, 9.17) is 9.47 Å². The fraction of sp³-hybridized carbons (Fsp3) is 0.889. The molecule has 4 saturated heterocycles. The van der Waals surface area contributed by atoms with Crippen molar-refractivity contribution in [1.82, 2.24) is 15.5 Å². The van der Waals surface area contributed by atoms with Gasteiger partial charge in [0.25, 0.3) is 0 Å². The zero-order valence-corrected chi connectivity index (χ0v) is 27.0. The van der Waals surface area contributed by atoms with Crippen LogP contribution in [0.5, 0.6) is 0 Å². The number of nitrogens with one attached hydrogen (secondary N) is 2. The first kappa shape index (κ1) is 29.0. The van der Waals surface area contributed by atoms with E-state index >= 15 is 0 Å². The summed E-state index contributed by atoms with van der Waals surface area (Å²) >= 11 is 0. The molecule has 13 atom stereocenters. The molecule has 2 N–H and O–H groups in total. The summed E-state index contributed by atoms with van der Waals surface area (Å²) in [7, 11) is 0. The van der Waals surface area contributed by atoms with E-state index in [1.807, 2.05) is 4.90 Å². The fourth-order valence-corrected chi connectivity index (χ4v) is 12.4. The Morgan fingerprint density at radius 3 is 2.58 bits per heavy atom. The van der Waals surface area contributed by atoms with E-state index in [0.29, 0.717) is 41.1 Å². The maximum atomic E-state index is 13.0. The van der Waals surface area contributed by atoms with Crippen molar-refractivity contribution < 1.29 is 19.1 Å². The standard InChI is InChI=1S/C36H55N3O4/c1-21-7-12-36(42-20-21)22(2)33-30(43-36)14-29-27-6-5-25-13-26(8-10-34(25,3)28(27)9-11-35(29,33)4)38-31(40)15-32(41)39-18-23-16-37-17-24(23)19-39/h5,21-24,26-30,33,37H,6-20H2,1-4H3,(H,38,40)/t21-,22+,23?,24?,26?,27-,28+,29+,30+,33+,34+,35+,36-/m1/s1. The lowest BCUT2D eigenvalue weighted by Crippen LogP contribution is -2.53. The first-order valence-corrected chi connectivity index (χ1v) is 17.9. The highest BCUT2D eigenvalue weighted by Gasteiger charge is 2.68. The number of likely N-dealkylation sites (tertiary alicyclic amines) is 1. The first-order valence-electron chi connectivity index (χ1n) is 17.9. The zero-order chi connectivity index (χ0) is 29.7. The van der Waals surface area contributed by atoms with Crippen LogP contribution in [0.15, 0.2) is 11.6 Å². The summed E-state index contributed by atoms with van der Waals surface area (Å²) in [6.07, 6.45) is 13.3. The van der Waals surface area contributed by atoms with Gasteiger partial charge in [-0.15, -0.1) is 0 Å². The van der Waals surface area contributed by atoms with Crippen LogP contribution < -0.4 is 10.6 Å². The first-order chi connectivity index (χ1) is 20.6. The number of hydrogen-bond donors (Lipinski definition) is 2. The third-order valence-electron chi connectivity index (χ3n) is 14.8. The smallest absolute Gasteiger partial charge is 0.232 e. The minimum atomic E-state index is -0.337. The minimum absolute atomic E-state index is 0.00117. The van der Waals surface area contributed by atoms with E-state index in [-0.39, 0.29) is 35.5 Å². The number of ether oxygens (including phenoxy) is 2. The second-order valence-corrected chi connectivity index (χ2v) is 16.9. The molecule has 4 aliphatic carbocycles. The molecule has 7 fully saturated rings. The van der Waals surface area contributed by atoms with Crippen LogP contribution in [-0.4, -0.2) is 67.4 Å². The SMILES string of the molecule is C[C@@H]1CC[C@@]2(OC1)O[C@H]1C[C@H]3[C@@H]4CC=C5CC(NC(=O)CC(=O)N6CC7CNCC7C6)CC[C@]5(C)[C@H]4CC[C@]3(C)[C@H]1[C@@H]2C. The second-order valence-electron chi connectivity index (χ2n) is 16.9. The van der Waals surface area contributed by atoms with Gasteiger partial charge >= 0.3 is 0 Å². The molecule has 8 aliphatic rings. The van der Waals surface area contributed by atoms with Gasteiger partial charge in [0.15, 0.2) is 5.79 Å². The van der Waals surface area contributed by atoms with Crippen molar-refractivity contribution in [3.63, 3.8) is 0 Å². The van der Waals surface area contributed by atoms with Gasteiger partial charge in [0.1, 0.15) is 6.42 Å². The quantitative estimate of drug-likeness (QED) is 0.359. The van der Waals surface area contributed by atoms with E-state index in [0.717, 1.165) is 76.2 Å². The molecule has 8 rings (SSSR count). The molecule has 0 bridgehead atoms. The van der Waals surface area contributed by atoms with Crippen molar-refractivity contribution in [2.24, 2.45) is 58.2 Å². The molecule has 0 aromatic carbocycles. The van der Waals surface area contributed by atoms with Crippen molar-refractivity contribution in [1.29, 1.82) is 0 Å². The largest absolute Gasteiger partial charge is 0.353 e. The van der Waals surface area contributed by atoms with Crippen LogP contribution in [0, 0.1) is 58.2 Å². The summed E-state index contributed by atoms with van der Waals surface area (Å²) in [6, 6.07) is 0.154. The maximum absolute atomic E-state index is 13.0. The van der Waals surface area contributed by atoms with Crippen LogP contribution in [0.2, 0.25) is 0 Å². The minimum Gasteiger partial charge on any atom is -0.353 e. The Kier molecular flexibility index (Phi) is 6.94. The van der Waals surface area contributed by atoms with E-state index < -0.39 is 0 Å². The Bertz CT molecular complexity index is 1170. The van der Waals surface area contributed by atoms with Crippen molar-refractivity contribution in [3.05, 3.63) is 11.6 Å². The van der Waals surface area contributed by atoms with Crippen LogP contribution in [0.1, 0.15) is 91.9 Å².